The minimum Gasteiger partial charge on any atom is -0.477 e. The predicted octanol–water partition coefficient (Wildman–Crippen LogP) is 0.797. The van der Waals surface area contributed by atoms with Gasteiger partial charge in [0.1, 0.15) is 11.9 Å². The summed E-state index contributed by atoms with van der Waals surface area (Å²) in [5.74, 6) is -0.141. The van der Waals surface area contributed by atoms with Crippen LogP contribution in [0.1, 0.15) is 13.8 Å². The van der Waals surface area contributed by atoms with E-state index < -0.39 is 37.5 Å². The molecule has 4 aliphatic heterocycles. The second-order valence-electron chi connectivity index (χ2n) is 7.19. The first kappa shape index (κ1) is 18.0. The van der Waals surface area contributed by atoms with Gasteiger partial charge in [0.15, 0.2) is 11.8 Å². The van der Waals surface area contributed by atoms with Gasteiger partial charge in [-0.25, -0.2) is 14.3 Å². The molecule has 0 aromatic rings. The molecule has 2 fully saturated rings. The van der Waals surface area contributed by atoms with Gasteiger partial charge in [0.25, 0.3) is 0 Å². The van der Waals surface area contributed by atoms with Crippen LogP contribution in [0.2, 0.25) is 0 Å². The molecule has 0 aliphatic carbocycles. The fraction of sp³-hybridized carbons (Fsp3) is 0.800. The Morgan fingerprint density at radius 3 is 3.04 bits per heavy atom. The summed E-state index contributed by atoms with van der Waals surface area (Å²) in [7, 11) is -2.81. The molecule has 0 aromatic heterocycles. The first-order valence-electron chi connectivity index (χ1n) is 8.63. The number of nitrogens with zero attached hydrogens (tertiary/aromatic N) is 4. The summed E-state index contributed by atoms with van der Waals surface area (Å²) >= 11 is 0. The Balaban J connectivity index is 1.60. The van der Waals surface area contributed by atoms with Crippen LogP contribution < -0.4 is 5.73 Å². The zero-order valence-corrected chi connectivity index (χ0v) is 15.9. The molecule has 2 N–H and O–H groups in total. The summed E-state index contributed by atoms with van der Waals surface area (Å²) in [6.07, 6.45) is -1.80. The van der Waals surface area contributed by atoms with Crippen LogP contribution in [0.3, 0.4) is 0 Å². The maximum Gasteiger partial charge on any atom is 0.242 e. The van der Waals surface area contributed by atoms with Crippen molar-refractivity contribution in [3.05, 3.63) is 0 Å². The SMILES string of the molecule is CCOC1=NC(N)=NC2C1=NCN2[C@@H]1OC2COP(C)(=O)C[C@H]2[C@@]1(C)F. The minimum atomic E-state index is -2.81. The summed E-state index contributed by atoms with van der Waals surface area (Å²) < 4.78 is 45.0. The van der Waals surface area contributed by atoms with Gasteiger partial charge in [-0.2, -0.15) is 4.99 Å². The molecule has 0 saturated carbocycles. The van der Waals surface area contributed by atoms with Crippen LogP contribution in [0, 0.1) is 5.92 Å². The molecule has 0 amide bonds. The zero-order valence-electron chi connectivity index (χ0n) is 15.0. The van der Waals surface area contributed by atoms with Crippen LogP contribution in [0.15, 0.2) is 15.0 Å². The van der Waals surface area contributed by atoms with Crippen LogP contribution >= 0.6 is 7.37 Å². The molecule has 26 heavy (non-hydrogen) atoms. The smallest absolute Gasteiger partial charge is 0.242 e. The first-order chi connectivity index (χ1) is 12.2. The van der Waals surface area contributed by atoms with Crippen molar-refractivity contribution in [3.8, 4) is 0 Å². The lowest BCUT2D eigenvalue weighted by Crippen LogP contribution is -2.54. The first-order valence-corrected chi connectivity index (χ1v) is 10.9. The molecule has 0 aromatic carbocycles. The van der Waals surface area contributed by atoms with Gasteiger partial charge < -0.3 is 19.7 Å². The zero-order chi connectivity index (χ0) is 18.7. The lowest BCUT2D eigenvalue weighted by atomic mass is 9.89. The van der Waals surface area contributed by atoms with E-state index >= 15 is 4.39 Å². The fourth-order valence-corrected chi connectivity index (χ4v) is 5.86. The number of halogens is 1. The average Bonchev–Trinajstić information content (AvgIpc) is 3.06. The van der Waals surface area contributed by atoms with E-state index in [-0.39, 0.29) is 25.4 Å². The van der Waals surface area contributed by atoms with Crippen LogP contribution in [-0.4, -0.2) is 79.3 Å². The van der Waals surface area contributed by atoms with Gasteiger partial charge >= 0.3 is 0 Å². The number of hydrogen-bond acceptors (Lipinski definition) is 9. The summed E-state index contributed by atoms with van der Waals surface area (Å²) in [5.41, 5.74) is 4.60. The van der Waals surface area contributed by atoms with E-state index in [1.54, 1.807) is 11.6 Å². The number of guanidine groups is 1. The number of alkyl halides is 1. The molecule has 144 valence electrons. The summed E-state index contributed by atoms with van der Waals surface area (Å²) in [4.78, 5) is 14.5. The Labute approximate surface area is 150 Å². The highest BCUT2D eigenvalue weighted by atomic mass is 31.2. The van der Waals surface area contributed by atoms with Crippen LogP contribution in [0.5, 0.6) is 0 Å². The topological polar surface area (TPSA) is 111 Å². The fourth-order valence-electron chi connectivity index (χ4n) is 3.98. The molecule has 4 rings (SSSR count). The number of nitrogens with two attached hydrogens (primary N) is 1. The van der Waals surface area contributed by atoms with Crippen molar-refractivity contribution >= 4 is 24.9 Å². The molecule has 2 saturated heterocycles. The Morgan fingerprint density at radius 2 is 2.31 bits per heavy atom. The molecule has 4 aliphatic rings. The highest BCUT2D eigenvalue weighted by molar-refractivity contribution is 7.58. The van der Waals surface area contributed by atoms with Gasteiger partial charge in [-0.3, -0.25) is 9.56 Å². The summed E-state index contributed by atoms with van der Waals surface area (Å²) in [6, 6.07) is 0. The van der Waals surface area contributed by atoms with Crippen molar-refractivity contribution in [2.24, 2.45) is 26.6 Å². The standard InChI is InChI=1S/C15H23FN5O4P/c1-4-23-12-10-11(19-14(17)20-12)21(7-18-10)13-15(2,16)8-6-26(3,22)24-5-9(8)25-13/h8-9,11,13H,4-7H2,1-3H3,(H2,17,19)/t8-,9?,11?,13-,15-,26?/m1/s1. The quantitative estimate of drug-likeness (QED) is 0.702. The minimum absolute atomic E-state index is 0.0571. The Morgan fingerprint density at radius 1 is 1.54 bits per heavy atom. The van der Waals surface area contributed by atoms with E-state index in [1.165, 1.54) is 6.92 Å². The Bertz CT molecular complexity index is 754. The summed E-state index contributed by atoms with van der Waals surface area (Å²) in [6.45, 7) is 5.58. The maximum atomic E-state index is 15.8. The van der Waals surface area contributed by atoms with Crippen molar-refractivity contribution in [1.29, 1.82) is 0 Å². The second-order valence-corrected chi connectivity index (χ2v) is 9.84. The van der Waals surface area contributed by atoms with E-state index in [0.717, 1.165) is 0 Å². The molecular formula is C15H23FN5O4P. The monoisotopic (exact) mass is 387 g/mol. The number of hydrogen-bond donors (Lipinski definition) is 1. The van der Waals surface area contributed by atoms with Crippen LogP contribution in [0.25, 0.3) is 0 Å². The van der Waals surface area contributed by atoms with E-state index in [4.69, 9.17) is 19.7 Å². The van der Waals surface area contributed by atoms with Crippen molar-refractivity contribution in [2.45, 2.75) is 38.0 Å². The lowest BCUT2D eigenvalue weighted by molar-refractivity contribution is -0.106. The van der Waals surface area contributed by atoms with E-state index in [2.05, 4.69) is 15.0 Å². The van der Waals surface area contributed by atoms with Gasteiger partial charge in [0.05, 0.1) is 26.0 Å². The molecule has 0 radical (unpaired) electrons. The molecular weight excluding hydrogens is 364 g/mol. The van der Waals surface area contributed by atoms with Crippen molar-refractivity contribution in [2.75, 3.05) is 32.7 Å². The van der Waals surface area contributed by atoms with Crippen molar-refractivity contribution in [1.82, 2.24) is 4.90 Å². The molecule has 3 unspecified atom stereocenters. The van der Waals surface area contributed by atoms with E-state index in [1.807, 2.05) is 6.92 Å². The van der Waals surface area contributed by atoms with Crippen LogP contribution in [0.4, 0.5) is 4.39 Å². The predicted molar refractivity (Wildman–Crippen MR) is 94.6 cm³/mol. The van der Waals surface area contributed by atoms with Gasteiger partial charge in [-0.1, -0.05) is 0 Å². The molecule has 11 heteroatoms. The van der Waals surface area contributed by atoms with Gasteiger partial charge in [-0.05, 0) is 13.8 Å². The number of aliphatic imine (C=N–C) groups is 3. The Kier molecular flexibility index (Phi) is 4.22. The van der Waals surface area contributed by atoms with E-state index in [0.29, 0.717) is 18.2 Å². The lowest BCUT2D eigenvalue weighted by Gasteiger charge is -2.36. The van der Waals surface area contributed by atoms with Crippen LogP contribution in [-0.2, 0) is 18.6 Å². The summed E-state index contributed by atoms with van der Waals surface area (Å²) in [5, 5.41) is 0. The highest BCUT2D eigenvalue weighted by Crippen LogP contribution is 2.56. The number of rotatable bonds is 2. The van der Waals surface area contributed by atoms with Crippen molar-refractivity contribution in [3.63, 3.8) is 0 Å². The van der Waals surface area contributed by atoms with Gasteiger partial charge in [0, 0.05) is 18.7 Å². The van der Waals surface area contributed by atoms with Crippen molar-refractivity contribution < 1.29 is 23.0 Å². The largest absolute Gasteiger partial charge is 0.477 e. The third-order valence-electron chi connectivity index (χ3n) is 5.24. The van der Waals surface area contributed by atoms with Gasteiger partial charge in [0.2, 0.25) is 19.2 Å². The highest BCUT2D eigenvalue weighted by Gasteiger charge is 2.61. The molecule has 6 atom stereocenters. The average molecular weight is 387 g/mol. The second kappa shape index (κ2) is 6.09. The van der Waals surface area contributed by atoms with Gasteiger partial charge in [-0.15, -0.1) is 0 Å². The normalized spacial score (nSPS) is 45.5. The molecule has 0 bridgehead atoms. The maximum absolute atomic E-state index is 15.8. The number of ether oxygens (including phenoxy) is 2. The van der Waals surface area contributed by atoms with E-state index in [9.17, 15) is 4.57 Å². The third kappa shape index (κ3) is 2.79. The molecule has 9 nitrogen and oxygen atoms in total. The third-order valence-corrected chi connectivity index (χ3v) is 6.99. The Hall–Kier alpha value is -1.35. The molecule has 0 spiro atoms. The number of fused-ring (bicyclic) bond motifs is 2. The molecule has 4 heterocycles.